The van der Waals surface area contributed by atoms with E-state index in [0.717, 1.165) is 12.8 Å². The van der Waals surface area contributed by atoms with Gasteiger partial charge >= 0.3 is 0 Å². The first-order chi connectivity index (χ1) is 10.3. The molecule has 1 nitrogen and oxygen atoms in total. The van der Waals surface area contributed by atoms with Crippen molar-refractivity contribution in [2.24, 2.45) is 0 Å². The lowest BCUT2D eigenvalue weighted by Gasteiger charge is -2.24. The Morgan fingerprint density at radius 1 is 0.727 bits per heavy atom. The second kappa shape index (κ2) is 9.75. The molecular weight excluding hydrogens is 268 g/mol. The van der Waals surface area contributed by atoms with E-state index in [1.54, 1.807) is 0 Å². The summed E-state index contributed by atoms with van der Waals surface area (Å²) in [5.41, 5.74) is 2.37. The SMILES string of the molecule is C.C=CCC(OC(CC=C)c1ccccc1)c1ccccc1. The van der Waals surface area contributed by atoms with Crippen LogP contribution in [-0.4, -0.2) is 0 Å². The van der Waals surface area contributed by atoms with E-state index in [1.165, 1.54) is 11.1 Å². The minimum atomic E-state index is 0. The van der Waals surface area contributed by atoms with Crippen molar-refractivity contribution < 1.29 is 4.74 Å². The van der Waals surface area contributed by atoms with Crippen LogP contribution in [-0.2, 0) is 4.74 Å². The average molecular weight is 294 g/mol. The van der Waals surface area contributed by atoms with Crippen LogP contribution in [0.25, 0.3) is 0 Å². The second-order valence-electron chi connectivity index (χ2n) is 4.98. The molecule has 1 heteroatoms. The average Bonchev–Trinajstić information content (AvgIpc) is 2.55. The van der Waals surface area contributed by atoms with E-state index in [1.807, 2.05) is 48.6 Å². The molecule has 0 saturated heterocycles. The van der Waals surface area contributed by atoms with Crippen LogP contribution in [0.5, 0.6) is 0 Å². The molecule has 0 saturated carbocycles. The molecule has 0 amide bonds. The Labute approximate surface area is 135 Å². The molecule has 0 aromatic heterocycles. The van der Waals surface area contributed by atoms with Crippen molar-refractivity contribution in [3.63, 3.8) is 0 Å². The van der Waals surface area contributed by atoms with Gasteiger partial charge in [0.25, 0.3) is 0 Å². The summed E-state index contributed by atoms with van der Waals surface area (Å²) in [7, 11) is 0. The number of rotatable bonds is 8. The van der Waals surface area contributed by atoms with Crippen LogP contribution < -0.4 is 0 Å². The maximum absolute atomic E-state index is 6.36. The van der Waals surface area contributed by atoms with Crippen LogP contribution in [0.3, 0.4) is 0 Å². The highest BCUT2D eigenvalue weighted by atomic mass is 16.5. The fraction of sp³-hybridized carbons (Fsp3) is 0.238. The molecule has 0 N–H and O–H groups in total. The molecule has 2 atom stereocenters. The third-order valence-electron chi connectivity index (χ3n) is 3.43. The van der Waals surface area contributed by atoms with E-state index in [4.69, 9.17) is 4.74 Å². The Kier molecular flexibility index (Phi) is 7.95. The van der Waals surface area contributed by atoms with Gasteiger partial charge in [0.1, 0.15) is 0 Å². The van der Waals surface area contributed by atoms with E-state index in [9.17, 15) is 0 Å². The van der Waals surface area contributed by atoms with Crippen molar-refractivity contribution in [3.05, 3.63) is 97.1 Å². The molecule has 0 fully saturated rings. The van der Waals surface area contributed by atoms with E-state index in [2.05, 4.69) is 37.4 Å². The summed E-state index contributed by atoms with van der Waals surface area (Å²) in [5.74, 6) is 0. The highest BCUT2D eigenvalue weighted by molar-refractivity contribution is 5.21. The molecule has 0 radical (unpaired) electrons. The molecule has 0 spiro atoms. The molecule has 0 aliphatic heterocycles. The monoisotopic (exact) mass is 294 g/mol. The fourth-order valence-corrected chi connectivity index (χ4v) is 2.38. The summed E-state index contributed by atoms with van der Waals surface area (Å²) in [5, 5.41) is 0. The Bertz CT molecular complexity index is 493. The standard InChI is InChI=1S/C20H22O.CH4/c1-3-11-19(17-13-7-5-8-14-17)21-20(12-4-2)18-15-9-6-10-16-18;/h3-10,13-16,19-20H,1-2,11-12H2;1H4. The summed E-state index contributed by atoms with van der Waals surface area (Å²) in [4.78, 5) is 0. The third-order valence-corrected chi connectivity index (χ3v) is 3.43. The molecule has 0 aliphatic carbocycles. The first kappa shape index (κ1) is 17.9. The Morgan fingerprint density at radius 3 is 1.41 bits per heavy atom. The van der Waals surface area contributed by atoms with Gasteiger partial charge in [-0.3, -0.25) is 0 Å². The van der Waals surface area contributed by atoms with Crippen molar-refractivity contribution in [2.45, 2.75) is 32.5 Å². The molecule has 0 heterocycles. The third kappa shape index (κ3) is 5.01. The van der Waals surface area contributed by atoms with Crippen LogP contribution in [0.15, 0.2) is 86.0 Å². The Morgan fingerprint density at radius 2 is 1.09 bits per heavy atom. The van der Waals surface area contributed by atoms with Crippen molar-refractivity contribution in [2.75, 3.05) is 0 Å². The predicted octanol–water partition coefficient (Wildman–Crippen LogP) is 6.27. The molecule has 116 valence electrons. The van der Waals surface area contributed by atoms with E-state index in [0.29, 0.717) is 0 Å². The van der Waals surface area contributed by atoms with Crippen LogP contribution in [0.4, 0.5) is 0 Å². The lowest BCUT2D eigenvalue weighted by atomic mass is 10.0. The maximum atomic E-state index is 6.36. The molecular formula is C21H26O. The van der Waals surface area contributed by atoms with Gasteiger partial charge in [0.15, 0.2) is 0 Å². The second-order valence-corrected chi connectivity index (χ2v) is 4.98. The van der Waals surface area contributed by atoms with E-state index in [-0.39, 0.29) is 19.6 Å². The Hall–Kier alpha value is -2.12. The number of ether oxygens (including phenoxy) is 1. The minimum Gasteiger partial charge on any atom is -0.365 e. The van der Waals surface area contributed by atoms with E-state index >= 15 is 0 Å². The van der Waals surface area contributed by atoms with Crippen LogP contribution >= 0.6 is 0 Å². The van der Waals surface area contributed by atoms with Gasteiger partial charge in [-0.25, -0.2) is 0 Å². The van der Waals surface area contributed by atoms with E-state index < -0.39 is 0 Å². The van der Waals surface area contributed by atoms with Crippen molar-refractivity contribution >= 4 is 0 Å². The van der Waals surface area contributed by atoms with Gasteiger partial charge in [-0.15, -0.1) is 13.2 Å². The zero-order chi connectivity index (χ0) is 14.9. The first-order valence-corrected chi connectivity index (χ1v) is 7.32. The molecule has 2 aromatic carbocycles. The van der Waals surface area contributed by atoms with Gasteiger partial charge in [-0.2, -0.15) is 0 Å². The molecule has 2 rings (SSSR count). The van der Waals surface area contributed by atoms with Crippen molar-refractivity contribution in [3.8, 4) is 0 Å². The zero-order valence-electron chi connectivity index (χ0n) is 12.3. The quantitative estimate of drug-likeness (QED) is 0.521. The normalized spacial score (nSPS) is 12.7. The molecule has 22 heavy (non-hydrogen) atoms. The van der Waals surface area contributed by atoms with Crippen LogP contribution in [0.1, 0.15) is 43.6 Å². The van der Waals surface area contributed by atoms with Gasteiger partial charge in [-0.05, 0) is 24.0 Å². The van der Waals surface area contributed by atoms with Gasteiger partial charge < -0.3 is 4.74 Å². The largest absolute Gasteiger partial charge is 0.365 e. The van der Waals surface area contributed by atoms with Crippen LogP contribution in [0, 0.1) is 0 Å². The highest BCUT2D eigenvalue weighted by Crippen LogP contribution is 2.31. The summed E-state index contributed by atoms with van der Waals surface area (Å²) < 4.78 is 6.36. The summed E-state index contributed by atoms with van der Waals surface area (Å²) in [6.45, 7) is 7.70. The molecule has 0 bridgehead atoms. The number of hydrogen-bond donors (Lipinski definition) is 0. The van der Waals surface area contributed by atoms with Gasteiger partial charge in [0.05, 0.1) is 12.2 Å². The van der Waals surface area contributed by atoms with Crippen molar-refractivity contribution in [1.29, 1.82) is 0 Å². The Balaban J connectivity index is 0.00000242. The topological polar surface area (TPSA) is 9.23 Å². The number of hydrogen-bond acceptors (Lipinski definition) is 1. The lowest BCUT2D eigenvalue weighted by molar-refractivity contribution is -0.0120. The smallest absolute Gasteiger partial charge is 0.0867 e. The van der Waals surface area contributed by atoms with Crippen molar-refractivity contribution in [1.82, 2.24) is 0 Å². The summed E-state index contributed by atoms with van der Waals surface area (Å²) in [6.07, 6.45) is 5.46. The zero-order valence-corrected chi connectivity index (χ0v) is 12.3. The maximum Gasteiger partial charge on any atom is 0.0867 e. The molecule has 2 aromatic rings. The molecule has 2 unspecified atom stereocenters. The van der Waals surface area contributed by atoms with Gasteiger partial charge in [0, 0.05) is 0 Å². The number of benzene rings is 2. The van der Waals surface area contributed by atoms with Gasteiger partial charge in [0.2, 0.25) is 0 Å². The van der Waals surface area contributed by atoms with Crippen LogP contribution in [0.2, 0.25) is 0 Å². The first-order valence-electron chi connectivity index (χ1n) is 7.32. The minimum absolute atomic E-state index is 0. The molecule has 0 aliphatic rings. The predicted molar refractivity (Wildman–Crippen MR) is 95.8 cm³/mol. The summed E-state index contributed by atoms with van der Waals surface area (Å²) in [6, 6.07) is 20.6. The lowest BCUT2D eigenvalue weighted by Crippen LogP contribution is -2.10. The van der Waals surface area contributed by atoms with Gasteiger partial charge in [-0.1, -0.05) is 80.2 Å². The summed E-state index contributed by atoms with van der Waals surface area (Å²) >= 11 is 0. The highest BCUT2D eigenvalue weighted by Gasteiger charge is 2.17. The fourth-order valence-electron chi connectivity index (χ4n) is 2.38.